The van der Waals surface area contributed by atoms with Crippen LogP contribution in [0.4, 0.5) is 17.1 Å². The molecule has 8 N–H and O–H groups in total. The van der Waals surface area contributed by atoms with Crippen molar-refractivity contribution in [2.75, 3.05) is 30.8 Å². The maximum absolute atomic E-state index is 13.4. The van der Waals surface area contributed by atoms with Gasteiger partial charge in [-0.3, -0.25) is 38.7 Å². The normalized spacial score (nSPS) is 15.7. The molecule has 6 rings (SSSR count). The van der Waals surface area contributed by atoms with Crippen molar-refractivity contribution >= 4 is 92.7 Å². The van der Waals surface area contributed by atoms with Crippen molar-refractivity contribution in [3.05, 3.63) is 93.9 Å². The largest absolute Gasteiger partial charge is 0.494 e. The second-order valence-corrected chi connectivity index (χ2v) is 17.8. The molecule has 4 aromatic rings. The van der Waals surface area contributed by atoms with E-state index >= 15 is 0 Å². The predicted octanol–water partition coefficient (Wildman–Crippen LogP) is 3.00. The molecule has 2 aliphatic rings. The Balaban J connectivity index is 1.29. The first-order chi connectivity index (χ1) is 27.4. The Hall–Kier alpha value is -6.32. The third kappa shape index (κ3) is 8.34. The minimum absolute atomic E-state index is 0.0285. The van der Waals surface area contributed by atoms with Crippen molar-refractivity contribution in [3.8, 4) is 22.6 Å². The minimum atomic E-state index is -5.15. The van der Waals surface area contributed by atoms with Gasteiger partial charge in [-0.25, -0.2) is 0 Å². The van der Waals surface area contributed by atoms with Crippen LogP contribution in [0.2, 0.25) is 0 Å². The molecule has 0 spiro atoms. The average molecular weight is 890 g/mol. The van der Waals surface area contributed by atoms with Crippen LogP contribution in [0.5, 0.6) is 11.5 Å². The number of hydrogen-bond acceptors (Lipinski definition) is 17. The summed E-state index contributed by atoms with van der Waals surface area (Å²) in [6, 6.07) is 12.7. The van der Waals surface area contributed by atoms with Gasteiger partial charge in [0.15, 0.2) is 0 Å². The molecule has 0 fully saturated rings. The third-order valence-electron chi connectivity index (χ3n) is 8.66. The number of nitrogen functional groups attached to an aromatic ring is 1. The second kappa shape index (κ2) is 15.1. The molecular formula is C34H27N5O16S4. The summed E-state index contributed by atoms with van der Waals surface area (Å²) in [5.41, 5.74) is 9.59. The molecule has 4 aromatic carbocycles. The zero-order valence-electron chi connectivity index (χ0n) is 29.8. The summed E-state index contributed by atoms with van der Waals surface area (Å²) in [7, 11) is -17.4. The number of fused-ring (bicyclic) bond motifs is 2. The Kier molecular flexibility index (Phi) is 10.8. The number of ether oxygens (including phenoxy) is 2. The smallest absolute Gasteiger partial charge is 0.298 e. The molecule has 0 unspecified atom stereocenters. The van der Waals surface area contributed by atoms with Gasteiger partial charge in [0, 0.05) is 11.1 Å². The van der Waals surface area contributed by atoms with Crippen LogP contribution in [-0.2, 0) is 45.3 Å². The van der Waals surface area contributed by atoms with E-state index in [0.29, 0.717) is 17.2 Å². The molecule has 0 saturated carbocycles. The van der Waals surface area contributed by atoms with E-state index in [-0.39, 0.29) is 39.7 Å². The predicted molar refractivity (Wildman–Crippen MR) is 211 cm³/mol. The number of nitrogens with one attached hydrogen (secondary N) is 2. The molecule has 0 aliphatic heterocycles. The van der Waals surface area contributed by atoms with Crippen molar-refractivity contribution in [3.63, 3.8) is 0 Å². The number of benzene rings is 4. The van der Waals surface area contributed by atoms with Gasteiger partial charge in [-0.05, 0) is 71.3 Å². The van der Waals surface area contributed by atoms with E-state index in [0.717, 1.165) is 36.4 Å². The van der Waals surface area contributed by atoms with Crippen molar-refractivity contribution in [1.29, 1.82) is 0 Å². The van der Waals surface area contributed by atoms with Crippen LogP contribution in [0.3, 0.4) is 0 Å². The third-order valence-corrected chi connectivity index (χ3v) is 12.2. The fraction of sp³-hybridized carbons (Fsp3) is 0.0588. The van der Waals surface area contributed by atoms with Crippen LogP contribution in [0, 0.1) is 0 Å². The lowest BCUT2D eigenvalue weighted by atomic mass is 9.93. The van der Waals surface area contributed by atoms with Gasteiger partial charge in [0.05, 0.1) is 41.7 Å². The lowest BCUT2D eigenvalue weighted by Crippen LogP contribution is -2.27. The number of Topliss-reactive ketones (excluding diaryl/α,β-unsaturated/α-hetero) is 2. The Morgan fingerprint density at radius 2 is 1.19 bits per heavy atom. The molecule has 0 atom stereocenters. The van der Waals surface area contributed by atoms with Crippen LogP contribution >= 0.6 is 0 Å². The Labute approximate surface area is 334 Å². The number of rotatable bonds is 11. The van der Waals surface area contributed by atoms with Crippen molar-refractivity contribution in [2.45, 2.75) is 14.7 Å². The fourth-order valence-electron chi connectivity index (χ4n) is 5.90. The quantitative estimate of drug-likeness (QED) is 0.0646. The first-order valence-electron chi connectivity index (χ1n) is 16.0. The van der Waals surface area contributed by atoms with E-state index in [1.165, 1.54) is 26.4 Å². The zero-order chi connectivity index (χ0) is 43.4. The number of allylic oxidation sites excluding steroid dienone is 2. The molecule has 59 heavy (non-hydrogen) atoms. The van der Waals surface area contributed by atoms with Crippen LogP contribution in [-0.4, -0.2) is 89.1 Å². The van der Waals surface area contributed by atoms with Gasteiger partial charge in [-0.15, -0.1) is 0 Å². The highest BCUT2D eigenvalue weighted by Crippen LogP contribution is 2.37. The highest BCUT2D eigenvalue weighted by Gasteiger charge is 2.35. The highest BCUT2D eigenvalue weighted by molar-refractivity contribution is 7.91. The van der Waals surface area contributed by atoms with E-state index < -0.39 is 94.2 Å². The number of carbonyl (C=O) groups excluding carboxylic acids is 2. The lowest BCUT2D eigenvalue weighted by molar-refractivity contribution is -0.109. The second-order valence-electron chi connectivity index (χ2n) is 12.2. The van der Waals surface area contributed by atoms with Crippen LogP contribution in [0.25, 0.3) is 23.3 Å². The van der Waals surface area contributed by atoms with Gasteiger partial charge in [0.1, 0.15) is 37.6 Å². The number of hydrogen-bond donors (Lipinski definition) is 7. The maximum Gasteiger partial charge on any atom is 0.298 e. The molecule has 25 heteroatoms. The van der Waals surface area contributed by atoms with E-state index in [2.05, 4.69) is 21.1 Å². The molecule has 21 nitrogen and oxygen atoms in total. The number of ketones is 2. The first-order valence-corrected chi connectivity index (χ1v) is 21.7. The summed E-state index contributed by atoms with van der Waals surface area (Å²) in [4.78, 5) is 22.7. The standard InChI is InChI=1S/C34H27N5O16S4/c1-54-25-12-16(3-8-22(25)36-38-24-10-7-21-27(57(45,46)47)15-28(58(48,49)50)31(35)30(21)33(24)40)17-4-9-23(26(13-17)55-2)37-39-32-20-6-5-19(56(42,43)44)11-18(20)14-29(34(32)41)59(51,52)53/h3-15,36-37H,35H2,1-2H3,(H,42,43,44)(H,45,46,47)(H,48,49,50)(H,51,52,53). The summed E-state index contributed by atoms with van der Waals surface area (Å²) in [6.45, 7) is 0. The SMILES string of the molecule is COc1cc(-c2ccc(NN=C3C(=O)C(S(=O)(=O)O)=Cc4cc(S(=O)(=O)O)ccc43)c(OC)c2)ccc1NN=C1C=Cc2c(S(=O)(=O)O)cc(S(=O)(=O)O)c(N)c2C1=O. The number of anilines is 3. The molecule has 308 valence electrons. The Bertz CT molecular complexity index is 3120. The first kappa shape index (κ1) is 42.3. The Morgan fingerprint density at radius 3 is 1.69 bits per heavy atom. The minimum Gasteiger partial charge on any atom is -0.494 e. The van der Waals surface area contributed by atoms with Crippen LogP contribution in [0.15, 0.2) is 96.5 Å². The summed E-state index contributed by atoms with van der Waals surface area (Å²) in [6.07, 6.45) is 2.89. The molecule has 0 aromatic heterocycles. The zero-order valence-corrected chi connectivity index (χ0v) is 33.1. The van der Waals surface area contributed by atoms with Gasteiger partial charge >= 0.3 is 0 Å². The molecule has 0 heterocycles. The van der Waals surface area contributed by atoms with Gasteiger partial charge in [0.2, 0.25) is 11.6 Å². The molecule has 0 saturated heterocycles. The van der Waals surface area contributed by atoms with Crippen LogP contribution in [0.1, 0.15) is 27.0 Å². The molecule has 2 aliphatic carbocycles. The number of methoxy groups -OCH3 is 2. The molecular weight excluding hydrogens is 863 g/mol. The summed E-state index contributed by atoms with van der Waals surface area (Å²) >= 11 is 0. The number of nitrogens with two attached hydrogens (primary N) is 1. The number of carbonyl (C=O) groups is 2. The van der Waals surface area contributed by atoms with E-state index in [1.54, 1.807) is 24.3 Å². The van der Waals surface area contributed by atoms with E-state index in [4.69, 9.17) is 15.2 Å². The lowest BCUT2D eigenvalue weighted by Gasteiger charge is -2.18. The van der Waals surface area contributed by atoms with E-state index in [9.17, 15) is 61.5 Å². The van der Waals surface area contributed by atoms with E-state index in [1.807, 2.05) is 0 Å². The highest BCUT2D eigenvalue weighted by atomic mass is 32.2. The Morgan fingerprint density at radius 1 is 0.627 bits per heavy atom. The molecule has 0 bridgehead atoms. The van der Waals surface area contributed by atoms with Gasteiger partial charge in [-0.2, -0.15) is 43.9 Å². The molecule has 0 amide bonds. The van der Waals surface area contributed by atoms with Gasteiger partial charge < -0.3 is 15.2 Å². The number of nitrogens with zero attached hydrogens (tertiary/aromatic N) is 2. The fourth-order valence-corrected chi connectivity index (χ4v) is 8.46. The molecule has 0 radical (unpaired) electrons. The summed E-state index contributed by atoms with van der Waals surface area (Å²) < 4.78 is 145. The monoisotopic (exact) mass is 889 g/mol. The summed E-state index contributed by atoms with van der Waals surface area (Å²) in [5.74, 6) is -1.93. The number of hydrazone groups is 2. The van der Waals surface area contributed by atoms with Gasteiger partial charge in [-0.1, -0.05) is 24.3 Å². The van der Waals surface area contributed by atoms with Crippen molar-refractivity contribution in [1.82, 2.24) is 0 Å². The summed E-state index contributed by atoms with van der Waals surface area (Å²) in [5, 5.41) is 8.09. The van der Waals surface area contributed by atoms with Crippen molar-refractivity contribution < 1.29 is 70.9 Å². The topological polar surface area (TPSA) is 345 Å². The average Bonchev–Trinajstić information content (AvgIpc) is 3.15. The van der Waals surface area contributed by atoms with Gasteiger partial charge in [0.25, 0.3) is 40.5 Å². The maximum atomic E-state index is 13.4. The van der Waals surface area contributed by atoms with Crippen LogP contribution < -0.4 is 26.1 Å². The van der Waals surface area contributed by atoms with Crippen molar-refractivity contribution in [2.24, 2.45) is 10.2 Å².